The van der Waals surface area contributed by atoms with Crippen LogP contribution in [0.1, 0.15) is 15.9 Å². The first-order valence-corrected chi connectivity index (χ1v) is 14.3. The summed E-state index contributed by atoms with van der Waals surface area (Å²) in [4.78, 5) is 15.0. The lowest BCUT2D eigenvalue weighted by Gasteiger charge is -2.22. The van der Waals surface area contributed by atoms with Gasteiger partial charge in [-0.1, -0.05) is 42.5 Å². The largest absolute Gasteiger partial charge is 0.478 e. The Morgan fingerprint density at radius 3 is 2.14 bits per heavy atom. The predicted molar refractivity (Wildman–Crippen MR) is 167 cm³/mol. The van der Waals surface area contributed by atoms with Crippen molar-refractivity contribution in [3.63, 3.8) is 0 Å². The number of aromatic carboxylic acids is 1. The number of halogens is 3. The van der Waals surface area contributed by atoms with E-state index in [0.717, 1.165) is 38.9 Å². The second kappa shape index (κ2) is 11.0. The number of carboxylic acids is 1. The van der Waals surface area contributed by atoms with Crippen LogP contribution in [0.5, 0.6) is 0 Å². The van der Waals surface area contributed by atoms with E-state index in [1.807, 2.05) is 108 Å². The summed E-state index contributed by atoms with van der Waals surface area (Å²) >= 11 is 1.45. The molecular formula is C35H26F3N2O2S+. The van der Waals surface area contributed by atoms with Crippen molar-refractivity contribution < 1.29 is 23.1 Å². The smallest absolute Gasteiger partial charge is 0.339 e. The summed E-state index contributed by atoms with van der Waals surface area (Å²) in [5.41, 5.74) is 1.40. The molecule has 4 aromatic rings. The summed E-state index contributed by atoms with van der Waals surface area (Å²) in [6.45, 7) is 1.11. The van der Waals surface area contributed by atoms with Crippen molar-refractivity contribution in [2.45, 2.75) is 6.92 Å². The number of hydrogen-bond acceptors (Lipinski definition) is 3. The maximum atomic E-state index is 16.0. The molecule has 0 bridgehead atoms. The molecule has 4 nitrogen and oxygen atoms in total. The maximum Gasteiger partial charge on any atom is 0.339 e. The van der Waals surface area contributed by atoms with Gasteiger partial charge in [-0.3, -0.25) is 0 Å². The van der Waals surface area contributed by atoms with Gasteiger partial charge in [0, 0.05) is 79.9 Å². The second-order valence-electron chi connectivity index (χ2n) is 10.2. The fourth-order valence-corrected chi connectivity index (χ4v) is 6.53. The van der Waals surface area contributed by atoms with E-state index < -0.39 is 40.1 Å². The van der Waals surface area contributed by atoms with Crippen molar-refractivity contribution >= 4 is 44.5 Å². The summed E-state index contributed by atoms with van der Waals surface area (Å²) in [6, 6.07) is 30.6. The minimum atomic E-state index is -1.75. The van der Waals surface area contributed by atoms with Crippen LogP contribution in [0.3, 0.4) is 0 Å². The zero-order valence-electron chi connectivity index (χ0n) is 23.5. The number of carboxylic acid groups (broad SMARTS) is 1. The molecule has 0 unspecified atom stereocenters. The van der Waals surface area contributed by atoms with Crippen LogP contribution in [0, 0.1) is 24.4 Å². The number of carbonyl (C=O) groups is 1. The topological polar surface area (TPSA) is 43.5 Å². The Hall–Kier alpha value is -4.95. The van der Waals surface area contributed by atoms with Crippen LogP contribution in [-0.2, 0) is 0 Å². The number of hydrogen-bond donors (Lipinski definition) is 1. The van der Waals surface area contributed by atoms with Crippen molar-refractivity contribution in [3.05, 3.63) is 131 Å². The fourth-order valence-electron chi connectivity index (χ4n) is 5.37. The predicted octanol–water partition coefficient (Wildman–Crippen LogP) is 8.60. The Kier molecular flexibility index (Phi) is 7.23. The molecule has 0 aromatic heterocycles. The molecule has 0 atom stereocenters. The van der Waals surface area contributed by atoms with Gasteiger partial charge in [0.15, 0.2) is 11.6 Å². The van der Waals surface area contributed by atoms with Gasteiger partial charge in [-0.2, -0.15) is 4.58 Å². The standard InChI is InChI=1S/C35H25F3N2O2S/c1-20-32(36)30(31(35(41)42)34(38)33(20)37)29-25-16-14-23(39(2)21-10-6-4-7-11-21)18-27(25)43-28-19-24(15-17-26(28)29)40(3)22-12-8-5-9-13-22/h4-19H,1-3H3/p+1. The third-order valence-electron chi connectivity index (χ3n) is 7.75. The molecule has 2 aliphatic rings. The Balaban J connectivity index is 1.73. The average molecular weight is 596 g/mol. The van der Waals surface area contributed by atoms with Crippen molar-refractivity contribution in [1.82, 2.24) is 4.58 Å². The molecule has 0 spiro atoms. The molecule has 0 fully saturated rings. The van der Waals surface area contributed by atoms with Crippen molar-refractivity contribution in [2.24, 2.45) is 0 Å². The number of para-hydroxylation sites is 2. The molecule has 1 aliphatic carbocycles. The Morgan fingerprint density at radius 1 is 0.791 bits per heavy atom. The maximum absolute atomic E-state index is 16.0. The van der Waals surface area contributed by atoms with E-state index in [9.17, 15) is 14.3 Å². The second-order valence-corrected chi connectivity index (χ2v) is 11.3. The van der Waals surface area contributed by atoms with E-state index in [2.05, 4.69) is 0 Å². The zero-order valence-corrected chi connectivity index (χ0v) is 24.3. The van der Waals surface area contributed by atoms with Crippen LogP contribution in [-0.4, -0.2) is 25.2 Å². The van der Waals surface area contributed by atoms with E-state index in [-0.39, 0.29) is 5.56 Å². The number of anilines is 2. The lowest BCUT2D eigenvalue weighted by Crippen LogP contribution is -2.21. The average Bonchev–Trinajstić information content (AvgIpc) is 3.03. The molecule has 6 rings (SSSR count). The summed E-state index contributed by atoms with van der Waals surface area (Å²) in [6.07, 6.45) is 0. The number of rotatable bonds is 5. The molecule has 1 heterocycles. The van der Waals surface area contributed by atoms with E-state index in [4.69, 9.17) is 0 Å². The van der Waals surface area contributed by atoms with Crippen molar-refractivity contribution in [3.8, 4) is 21.6 Å². The van der Waals surface area contributed by atoms with E-state index in [1.54, 1.807) is 12.1 Å². The van der Waals surface area contributed by atoms with Gasteiger partial charge in [0.05, 0.1) is 0 Å². The van der Waals surface area contributed by atoms with Gasteiger partial charge in [-0.25, -0.2) is 18.0 Å². The first-order chi connectivity index (χ1) is 20.7. The minimum Gasteiger partial charge on any atom is -0.478 e. The molecule has 0 amide bonds. The molecule has 43 heavy (non-hydrogen) atoms. The highest BCUT2D eigenvalue weighted by atomic mass is 32.1. The van der Waals surface area contributed by atoms with Crippen molar-refractivity contribution in [1.29, 1.82) is 0 Å². The van der Waals surface area contributed by atoms with Crippen LogP contribution in [0.2, 0.25) is 0 Å². The number of fused-ring (bicyclic) bond motifs is 2. The molecule has 1 N–H and O–H groups in total. The lowest BCUT2D eigenvalue weighted by atomic mass is 9.89. The highest BCUT2D eigenvalue weighted by Crippen LogP contribution is 2.47. The van der Waals surface area contributed by atoms with Crippen molar-refractivity contribution in [2.75, 3.05) is 19.0 Å². The molecule has 4 aromatic carbocycles. The van der Waals surface area contributed by atoms with Gasteiger partial charge in [0.2, 0.25) is 11.0 Å². The molecule has 0 saturated carbocycles. The van der Waals surface area contributed by atoms with Crippen LogP contribution in [0.4, 0.5) is 30.2 Å². The molecule has 0 saturated heterocycles. The molecule has 0 radical (unpaired) electrons. The lowest BCUT2D eigenvalue weighted by molar-refractivity contribution is 0.0691. The zero-order chi connectivity index (χ0) is 30.4. The summed E-state index contributed by atoms with van der Waals surface area (Å²) in [7, 11) is 3.86. The van der Waals surface area contributed by atoms with E-state index >= 15 is 8.78 Å². The number of nitrogens with zero attached hydrogens (tertiary/aromatic N) is 2. The highest BCUT2D eigenvalue weighted by Gasteiger charge is 2.31. The van der Waals surface area contributed by atoms with Gasteiger partial charge >= 0.3 is 5.97 Å². The molecular weight excluding hydrogens is 569 g/mol. The molecule has 1 aliphatic heterocycles. The van der Waals surface area contributed by atoms with E-state index in [1.165, 1.54) is 11.3 Å². The highest BCUT2D eigenvalue weighted by molar-refractivity contribution is 7.21. The quantitative estimate of drug-likeness (QED) is 0.123. The number of benzene rings is 5. The van der Waals surface area contributed by atoms with Gasteiger partial charge in [-0.15, -0.1) is 11.3 Å². The fraction of sp³-hybridized carbons (Fsp3) is 0.0857. The first kappa shape index (κ1) is 28.2. The Morgan fingerprint density at radius 2 is 1.47 bits per heavy atom. The monoisotopic (exact) mass is 595 g/mol. The third kappa shape index (κ3) is 4.83. The summed E-state index contributed by atoms with van der Waals surface area (Å²) < 4.78 is 48.6. The third-order valence-corrected chi connectivity index (χ3v) is 8.87. The minimum absolute atomic E-state index is 0.198. The SMILES string of the molecule is Cc1c(F)c(F)c(C(=O)O)c(-c2c3ccc(=[N+](C)c4ccccc4)cc-3sc3cc(N(C)c4ccccc4)ccc23)c1F. The van der Waals surface area contributed by atoms with Gasteiger partial charge in [-0.05, 0) is 37.3 Å². The van der Waals surface area contributed by atoms with Gasteiger partial charge < -0.3 is 10.0 Å². The Bertz CT molecular complexity index is 2080. The van der Waals surface area contributed by atoms with E-state index in [0.29, 0.717) is 10.9 Å². The van der Waals surface area contributed by atoms with Gasteiger partial charge in [0.1, 0.15) is 18.4 Å². The van der Waals surface area contributed by atoms with Gasteiger partial charge in [0.25, 0.3) is 0 Å². The van der Waals surface area contributed by atoms with Crippen LogP contribution < -0.4 is 14.8 Å². The molecule has 8 heteroatoms. The normalized spacial score (nSPS) is 12.0. The van der Waals surface area contributed by atoms with Crippen LogP contribution in [0.15, 0.2) is 97.1 Å². The summed E-state index contributed by atoms with van der Waals surface area (Å²) in [5.74, 6) is -5.95. The van der Waals surface area contributed by atoms with Crippen LogP contribution >= 0.6 is 11.3 Å². The molecule has 214 valence electrons. The summed E-state index contributed by atoms with van der Waals surface area (Å²) in [5, 5.41) is 11.4. The first-order valence-electron chi connectivity index (χ1n) is 13.5. The van der Waals surface area contributed by atoms with Crippen LogP contribution in [0.25, 0.3) is 31.7 Å². The Labute approximate surface area is 250 Å².